The quantitative estimate of drug-likeness (QED) is 0.506. The van der Waals surface area contributed by atoms with Gasteiger partial charge in [-0.15, -0.1) is 0 Å². The molecule has 0 rings (SSSR count). The summed E-state index contributed by atoms with van der Waals surface area (Å²) < 4.78 is 12.4. The van der Waals surface area contributed by atoms with Crippen molar-refractivity contribution in [3.63, 3.8) is 0 Å². The Morgan fingerprint density at radius 3 is 2.27 bits per heavy atom. The van der Waals surface area contributed by atoms with Crippen LogP contribution in [0.1, 0.15) is 20.3 Å². The third-order valence-corrected chi connectivity index (χ3v) is 1.80. The third kappa shape index (κ3) is 2.89. The molecule has 0 heterocycles. The van der Waals surface area contributed by atoms with Crippen molar-refractivity contribution in [3.05, 3.63) is 10.7 Å². The van der Waals surface area contributed by atoms with Crippen LogP contribution in [0.3, 0.4) is 0 Å². The highest BCUT2D eigenvalue weighted by Gasteiger charge is 2.14. The Morgan fingerprint density at radius 2 is 2.18 bits per heavy atom. The minimum atomic E-state index is -1.04. The second kappa shape index (κ2) is 4.34. The molecule has 0 spiro atoms. The minimum absolute atomic E-state index is 0.0926. The number of hydrogen-bond donors (Lipinski definition) is 2. The number of rotatable bonds is 3. The second-order valence-electron chi connectivity index (χ2n) is 2.38. The van der Waals surface area contributed by atoms with Crippen molar-refractivity contribution in [3.8, 4) is 0 Å². The predicted molar refractivity (Wildman–Crippen MR) is 45.4 cm³/mol. The maximum absolute atomic E-state index is 12.4. The lowest BCUT2D eigenvalue weighted by Crippen LogP contribution is -2.10. The van der Waals surface area contributed by atoms with Crippen molar-refractivity contribution in [2.75, 3.05) is 0 Å². The Hall–Kier alpha value is -0.570. The van der Waals surface area contributed by atoms with Crippen molar-refractivity contribution in [2.45, 2.75) is 20.3 Å². The van der Waals surface area contributed by atoms with Gasteiger partial charge in [0.15, 0.2) is 0 Å². The Bertz CT molecular complexity index is 185. The number of halogens is 2. The third-order valence-electron chi connectivity index (χ3n) is 1.60. The molecule has 0 aromatic carbocycles. The van der Waals surface area contributed by atoms with Crippen LogP contribution in [0.2, 0.25) is 0 Å². The molecule has 0 fully saturated rings. The van der Waals surface area contributed by atoms with Crippen LogP contribution >= 0.6 is 11.6 Å². The molecule has 4 heteroatoms. The topological polar surface area (TPSA) is 49.9 Å². The molecule has 0 aromatic heterocycles. The first-order valence-electron chi connectivity index (χ1n) is 3.40. The maximum Gasteiger partial charge on any atom is 0.212 e. The second-order valence-corrected chi connectivity index (χ2v) is 2.79. The van der Waals surface area contributed by atoms with Gasteiger partial charge in [-0.1, -0.05) is 25.4 Å². The molecule has 0 aromatic rings. The number of nitrogens with one attached hydrogen (secondary N) is 1. The van der Waals surface area contributed by atoms with Gasteiger partial charge in [0.05, 0.1) is 0 Å². The van der Waals surface area contributed by atoms with E-state index in [9.17, 15) is 4.39 Å². The molecular weight excluding hydrogens is 167 g/mol. The van der Waals surface area contributed by atoms with Crippen molar-refractivity contribution in [1.29, 1.82) is 5.41 Å². The Kier molecular flexibility index (Phi) is 4.11. The average Bonchev–Trinajstić information content (AvgIpc) is 1.85. The van der Waals surface area contributed by atoms with E-state index in [-0.39, 0.29) is 16.6 Å². The summed E-state index contributed by atoms with van der Waals surface area (Å²) in [7, 11) is 0. The lowest BCUT2D eigenvalue weighted by molar-refractivity contribution is 0.648. The molecule has 0 saturated carbocycles. The Labute approximate surface area is 70.7 Å². The van der Waals surface area contributed by atoms with Crippen LogP contribution in [0.25, 0.3) is 0 Å². The molecule has 64 valence electrons. The zero-order valence-electron chi connectivity index (χ0n) is 6.62. The summed E-state index contributed by atoms with van der Waals surface area (Å²) in [4.78, 5) is 0. The van der Waals surface area contributed by atoms with E-state index in [1.54, 1.807) is 6.92 Å². The van der Waals surface area contributed by atoms with Gasteiger partial charge in [-0.05, 0) is 12.3 Å². The van der Waals surface area contributed by atoms with E-state index in [1.807, 2.05) is 6.92 Å². The van der Waals surface area contributed by atoms with Gasteiger partial charge in [0.25, 0.3) is 0 Å². The molecule has 11 heavy (non-hydrogen) atoms. The average molecular weight is 179 g/mol. The van der Waals surface area contributed by atoms with E-state index < -0.39 is 5.97 Å². The fourth-order valence-electron chi connectivity index (χ4n) is 0.761. The summed E-state index contributed by atoms with van der Waals surface area (Å²) in [6, 6.07) is 0. The van der Waals surface area contributed by atoms with Crippen molar-refractivity contribution >= 4 is 17.6 Å². The van der Waals surface area contributed by atoms with Gasteiger partial charge >= 0.3 is 0 Å². The normalized spacial score (nSPS) is 15.6. The first-order valence-corrected chi connectivity index (χ1v) is 3.78. The molecule has 1 unspecified atom stereocenters. The van der Waals surface area contributed by atoms with Gasteiger partial charge in [-0.25, -0.2) is 0 Å². The smallest absolute Gasteiger partial charge is 0.212 e. The van der Waals surface area contributed by atoms with Gasteiger partial charge in [0.1, 0.15) is 5.16 Å². The van der Waals surface area contributed by atoms with Crippen molar-refractivity contribution in [2.24, 2.45) is 11.7 Å². The number of allylic oxidation sites excluding steroid dienone is 1. The molecule has 0 amide bonds. The lowest BCUT2D eigenvalue weighted by atomic mass is 10.00. The van der Waals surface area contributed by atoms with Crippen LogP contribution in [0.4, 0.5) is 4.39 Å². The Morgan fingerprint density at radius 1 is 1.73 bits per heavy atom. The highest BCUT2D eigenvalue weighted by Crippen LogP contribution is 2.19. The van der Waals surface area contributed by atoms with Crippen LogP contribution in [0.15, 0.2) is 10.7 Å². The zero-order chi connectivity index (χ0) is 9.02. The maximum atomic E-state index is 12.4. The molecule has 0 radical (unpaired) electrons. The van der Waals surface area contributed by atoms with Crippen LogP contribution in [0, 0.1) is 11.3 Å². The minimum Gasteiger partial charge on any atom is -0.389 e. The van der Waals surface area contributed by atoms with Gasteiger partial charge in [0, 0.05) is 5.57 Å². The van der Waals surface area contributed by atoms with Crippen molar-refractivity contribution < 1.29 is 4.39 Å². The lowest BCUT2D eigenvalue weighted by Gasteiger charge is -2.10. The highest BCUT2D eigenvalue weighted by atomic mass is 35.5. The summed E-state index contributed by atoms with van der Waals surface area (Å²) in [5.41, 5.74) is 5.28. The van der Waals surface area contributed by atoms with E-state index in [0.717, 1.165) is 6.42 Å². The summed E-state index contributed by atoms with van der Waals surface area (Å²) in [5.74, 6) is -1.13. The first kappa shape index (κ1) is 10.4. The van der Waals surface area contributed by atoms with E-state index in [4.69, 9.17) is 22.7 Å². The molecule has 0 aliphatic rings. The van der Waals surface area contributed by atoms with Crippen LogP contribution in [0.5, 0.6) is 0 Å². The van der Waals surface area contributed by atoms with Crippen LogP contribution in [-0.2, 0) is 0 Å². The summed E-state index contributed by atoms with van der Waals surface area (Å²) >= 11 is 5.39. The van der Waals surface area contributed by atoms with E-state index in [2.05, 4.69) is 0 Å². The highest BCUT2D eigenvalue weighted by molar-refractivity contribution is 6.31. The summed E-state index contributed by atoms with van der Waals surface area (Å²) in [5, 5.41) is 6.61. The molecular formula is C7H12ClFN2. The molecule has 0 bridgehead atoms. The first-order chi connectivity index (χ1) is 5.00. The van der Waals surface area contributed by atoms with E-state index in [0.29, 0.717) is 0 Å². The fraction of sp³-hybridized carbons (Fsp3) is 0.571. The van der Waals surface area contributed by atoms with Gasteiger partial charge in [-0.3, -0.25) is 5.41 Å². The molecule has 3 N–H and O–H groups in total. The zero-order valence-corrected chi connectivity index (χ0v) is 7.37. The SMILES string of the molecule is CCC(C)/C(C(=N)F)=C(/N)Cl. The van der Waals surface area contributed by atoms with Crippen molar-refractivity contribution in [1.82, 2.24) is 0 Å². The molecule has 0 aliphatic carbocycles. The molecule has 2 nitrogen and oxygen atoms in total. The Balaban J connectivity index is 4.63. The largest absolute Gasteiger partial charge is 0.389 e. The molecule has 0 aliphatic heterocycles. The van der Waals surface area contributed by atoms with Gasteiger partial charge in [-0.2, -0.15) is 4.39 Å². The number of hydrogen-bond acceptors (Lipinski definition) is 2. The van der Waals surface area contributed by atoms with Gasteiger partial charge in [0.2, 0.25) is 5.97 Å². The molecule has 1 atom stereocenters. The van der Waals surface area contributed by atoms with E-state index >= 15 is 0 Å². The molecule has 0 saturated heterocycles. The van der Waals surface area contributed by atoms with Gasteiger partial charge < -0.3 is 5.73 Å². The monoisotopic (exact) mass is 178 g/mol. The standard InChI is InChI=1S/C7H12ClFN2/c1-3-4(2)5(6(8)10)7(9)11/h4,11H,3,10H2,1-2H3/b6-5-,11-7?. The van der Waals surface area contributed by atoms with E-state index in [1.165, 1.54) is 0 Å². The summed E-state index contributed by atoms with van der Waals surface area (Å²) in [6.07, 6.45) is 0.717. The summed E-state index contributed by atoms with van der Waals surface area (Å²) in [6.45, 7) is 3.66. The number of nitrogens with two attached hydrogens (primary N) is 1. The fourth-order valence-corrected chi connectivity index (χ4v) is 1.03. The predicted octanol–water partition coefficient (Wildman–Crippen LogP) is 2.39. The van der Waals surface area contributed by atoms with Crippen LogP contribution in [-0.4, -0.2) is 5.97 Å². The van der Waals surface area contributed by atoms with Crippen LogP contribution < -0.4 is 5.73 Å².